The molecule has 3 atom stereocenters. The maximum Gasteiger partial charge on any atom is 0.248 e. The van der Waals surface area contributed by atoms with Gasteiger partial charge in [0.05, 0.1) is 6.10 Å². The second-order valence-corrected chi connectivity index (χ2v) is 6.98. The van der Waals surface area contributed by atoms with E-state index < -0.39 is 0 Å². The van der Waals surface area contributed by atoms with E-state index in [9.17, 15) is 4.79 Å². The first-order valence-electron chi connectivity index (χ1n) is 8.40. The molecule has 2 aliphatic rings. The van der Waals surface area contributed by atoms with Gasteiger partial charge in [-0.25, -0.2) is 9.97 Å². The minimum absolute atomic E-state index is 0.0346. The van der Waals surface area contributed by atoms with E-state index in [1.165, 1.54) is 6.42 Å². The lowest BCUT2D eigenvalue weighted by atomic mass is 9.75. The Balaban J connectivity index is 1.65. The molecule has 1 saturated carbocycles. The van der Waals surface area contributed by atoms with Crippen molar-refractivity contribution in [3.8, 4) is 0 Å². The van der Waals surface area contributed by atoms with Crippen LogP contribution in [0.3, 0.4) is 0 Å². The van der Waals surface area contributed by atoms with Crippen molar-refractivity contribution in [2.75, 3.05) is 38.7 Å². The highest BCUT2D eigenvalue weighted by atomic mass is 16.5. The smallest absolute Gasteiger partial charge is 0.248 e. The number of nitrogens with zero attached hydrogens (tertiary/aromatic N) is 4. The normalized spacial score (nSPS) is 26.9. The van der Waals surface area contributed by atoms with Gasteiger partial charge in [0.2, 0.25) is 11.9 Å². The van der Waals surface area contributed by atoms with Gasteiger partial charge in [0, 0.05) is 51.4 Å². The number of amides is 1. The highest BCUT2D eigenvalue weighted by Crippen LogP contribution is 2.37. The molecule has 0 aromatic carbocycles. The van der Waals surface area contributed by atoms with E-state index in [1.54, 1.807) is 19.0 Å². The van der Waals surface area contributed by atoms with E-state index in [2.05, 4.69) is 14.9 Å². The summed E-state index contributed by atoms with van der Waals surface area (Å²) in [6.45, 7) is 4.02. The molecule has 2 fully saturated rings. The number of aryl methyl sites for hydroxylation is 1. The van der Waals surface area contributed by atoms with Gasteiger partial charge in [0.1, 0.15) is 6.61 Å². The van der Waals surface area contributed by atoms with Crippen molar-refractivity contribution in [1.82, 2.24) is 14.9 Å². The molecule has 23 heavy (non-hydrogen) atoms. The van der Waals surface area contributed by atoms with Crippen molar-refractivity contribution >= 4 is 11.9 Å². The summed E-state index contributed by atoms with van der Waals surface area (Å²) in [5.74, 6) is 1.77. The van der Waals surface area contributed by atoms with Crippen molar-refractivity contribution in [1.29, 1.82) is 0 Å². The fraction of sp³-hybridized carbons (Fsp3) is 0.706. The minimum atomic E-state index is 0.0346. The molecule has 2 bridgehead atoms. The van der Waals surface area contributed by atoms with E-state index >= 15 is 0 Å². The number of carbonyl (C=O) groups excluding carboxylic acids is 1. The van der Waals surface area contributed by atoms with E-state index in [4.69, 9.17) is 4.74 Å². The maximum atomic E-state index is 11.8. The topological polar surface area (TPSA) is 58.6 Å². The van der Waals surface area contributed by atoms with Crippen molar-refractivity contribution in [2.45, 2.75) is 32.3 Å². The summed E-state index contributed by atoms with van der Waals surface area (Å²) < 4.78 is 6.02. The molecule has 1 saturated heterocycles. The van der Waals surface area contributed by atoms with E-state index in [1.807, 2.05) is 19.3 Å². The van der Waals surface area contributed by atoms with Crippen LogP contribution in [0.15, 0.2) is 12.4 Å². The quantitative estimate of drug-likeness (QED) is 0.842. The number of likely N-dealkylation sites (N-methyl/N-ethyl adjacent to an activating group) is 1. The lowest BCUT2D eigenvalue weighted by Gasteiger charge is -2.47. The zero-order valence-electron chi connectivity index (χ0n) is 14.2. The van der Waals surface area contributed by atoms with Gasteiger partial charge in [-0.2, -0.15) is 0 Å². The molecule has 1 aromatic heterocycles. The Morgan fingerprint density at radius 3 is 2.43 bits per heavy atom. The largest absolute Gasteiger partial charge is 0.368 e. The molecular formula is C17H26N4O2. The first-order chi connectivity index (χ1) is 11.0. The summed E-state index contributed by atoms with van der Waals surface area (Å²) >= 11 is 0. The monoisotopic (exact) mass is 318 g/mol. The average Bonchev–Trinajstić information content (AvgIpc) is 2.52. The van der Waals surface area contributed by atoms with Gasteiger partial charge in [-0.3, -0.25) is 4.79 Å². The fourth-order valence-electron chi connectivity index (χ4n) is 3.67. The zero-order chi connectivity index (χ0) is 16.4. The third kappa shape index (κ3) is 3.63. The van der Waals surface area contributed by atoms with Crippen LogP contribution in [-0.2, 0) is 9.53 Å². The molecular weight excluding hydrogens is 292 g/mol. The summed E-state index contributed by atoms with van der Waals surface area (Å²) in [5, 5.41) is 0. The predicted molar refractivity (Wildman–Crippen MR) is 88.2 cm³/mol. The predicted octanol–water partition coefficient (Wildman–Crippen LogP) is 1.49. The molecule has 6 nitrogen and oxygen atoms in total. The Hall–Kier alpha value is -1.69. The van der Waals surface area contributed by atoms with Crippen molar-refractivity contribution in [3.63, 3.8) is 0 Å². The third-order valence-corrected chi connectivity index (χ3v) is 4.94. The number of rotatable bonds is 4. The number of piperidine rings is 1. The Kier molecular flexibility index (Phi) is 4.80. The van der Waals surface area contributed by atoms with Gasteiger partial charge in [0.25, 0.3) is 0 Å². The molecule has 1 unspecified atom stereocenters. The van der Waals surface area contributed by atoms with Gasteiger partial charge < -0.3 is 14.5 Å². The Bertz CT molecular complexity index is 532. The SMILES string of the molecule is Cc1cnc(N2C[C@H]3CCC[C@@H](C2)C3OCC(=O)N(C)C)nc1. The molecule has 1 amide bonds. The van der Waals surface area contributed by atoms with E-state index in [0.29, 0.717) is 11.8 Å². The lowest BCUT2D eigenvalue weighted by Crippen LogP contribution is -2.53. The number of aromatic nitrogens is 2. The van der Waals surface area contributed by atoms with Gasteiger partial charge in [-0.15, -0.1) is 0 Å². The first kappa shape index (κ1) is 16.2. The molecule has 0 radical (unpaired) electrons. The van der Waals surface area contributed by atoms with Crippen LogP contribution < -0.4 is 4.90 Å². The van der Waals surface area contributed by atoms with E-state index in [0.717, 1.165) is 37.4 Å². The van der Waals surface area contributed by atoms with Crippen LogP contribution in [0.25, 0.3) is 0 Å². The molecule has 6 heteroatoms. The minimum Gasteiger partial charge on any atom is -0.368 e. The number of hydrogen-bond acceptors (Lipinski definition) is 5. The zero-order valence-corrected chi connectivity index (χ0v) is 14.2. The molecule has 126 valence electrons. The van der Waals surface area contributed by atoms with Crippen LogP contribution in [0.1, 0.15) is 24.8 Å². The Morgan fingerprint density at radius 1 is 1.26 bits per heavy atom. The standard InChI is InChI=1S/C17H26N4O2/c1-12-7-18-17(19-8-12)21-9-13-5-4-6-14(10-21)16(13)23-11-15(22)20(2)3/h7-8,13-14,16H,4-6,9-11H2,1-3H3/t13-,14+,16?. The molecule has 1 aliphatic carbocycles. The number of carbonyl (C=O) groups is 1. The maximum absolute atomic E-state index is 11.8. The number of ether oxygens (including phenoxy) is 1. The summed E-state index contributed by atoms with van der Waals surface area (Å²) in [5.41, 5.74) is 1.08. The molecule has 0 spiro atoms. The fourth-order valence-corrected chi connectivity index (χ4v) is 3.67. The van der Waals surface area contributed by atoms with Gasteiger partial charge in [0.15, 0.2) is 0 Å². The Morgan fingerprint density at radius 2 is 1.87 bits per heavy atom. The third-order valence-electron chi connectivity index (χ3n) is 4.94. The van der Waals surface area contributed by atoms with Crippen LogP contribution in [-0.4, -0.2) is 60.7 Å². The van der Waals surface area contributed by atoms with Crippen molar-refractivity contribution < 1.29 is 9.53 Å². The second-order valence-electron chi connectivity index (χ2n) is 6.98. The summed E-state index contributed by atoms with van der Waals surface area (Å²) in [6.07, 6.45) is 7.49. The second kappa shape index (κ2) is 6.83. The summed E-state index contributed by atoms with van der Waals surface area (Å²) in [4.78, 5) is 24.6. The van der Waals surface area contributed by atoms with Crippen LogP contribution in [0.2, 0.25) is 0 Å². The first-order valence-corrected chi connectivity index (χ1v) is 8.40. The lowest BCUT2D eigenvalue weighted by molar-refractivity contribution is -0.140. The molecule has 3 rings (SSSR count). The highest BCUT2D eigenvalue weighted by molar-refractivity contribution is 5.76. The molecule has 1 aliphatic heterocycles. The Labute approximate surface area is 137 Å². The molecule has 2 heterocycles. The highest BCUT2D eigenvalue weighted by Gasteiger charge is 2.41. The molecule has 1 aromatic rings. The number of hydrogen-bond donors (Lipinski definition) is 0. The van der Waals surface area contributed by atoms with Gasteiger partial charge >= 0.3 is 0 Å². The summed E-state index contributed by atoms with van der Waals surface area (Å²) in [6, 6.07) is 0. The molecule has 0 N–H and O–H groups in total. The van der Waals surface area contributed by atoms with Crippen LogP contribution in [0.5, 0.6) is 0 Å². The average molecular weight is 318 g/mol. The van der Waals surface area contributed by atoms with Crippen LogP contribution in [0, 0.1) is 18.8 Å². The van der Waals surface area contributed by atoms with Crippen molar-refractivity contribution in [2.24, 2.45) is 11.8 Å². The van der Waals surface area contributed by atoms with Crippen LogP contribution >= 0.6 is 0 Å². The van der Waals surface area contributed by atoms with Gasteiger partial charge in [-0.1, -0.05) is 6.42 Å². The van der Waals surface area contributed by atoms with E-state index in [-0.39, 0.29) is 18.6 Å². The van der Waals surface area contributed by atoms with Gasteiger partial charge in [-0.05, 0) is 25.3 Å². The van der Waals surface area contributed by atoms with Crippen molar-refractivity contribution in [3.05, 3.63) is 18.0 Å². The van der Waals surface area contributed by atoms with Crippen LogP contribution in [0.4, 0.5) is 5.95 Å². The summed E-state index contributed by atoms with van der Waals surface area (Å²) in [7, 11) is 3.54. The number of anilines is 1. The number of fused-ring (bicyclic) bond motifs is 2.